The molecule has 0 aromatic heterocycles. The third kappa shape index (κ3) is 3.06. The summed E-state index contributed by atoms with van der Waals surface area (Å²) in [7, 11) is 0. The van der Waals surface area contributed by atoms with E-state index in [0.29, 0.717) is 19.5 Å². The van der Waals surface area contributed by atoms with E-state index >= 15 is 0 Å². The number of aliphatic carboxylic acids is 1. The molecule has 0 spiro atoms. The van der Waals surface area contributed by atoms with E-state index in [1.807, 2.05) is 20.8 Å². The standard InChI is InChI=1S/C15H24N2O3/c1-5-8-16(9-6-2)14(20)17-10-7-15(11-17,12(3)4)13(18)19/h1,12H,6-11H2,2-4H3,(H,18,19). The number of hydrogen-bond donors (Lipinski definition) is 1. The van der Waals surface area contributed by atoms with Gasteiger partial charge in [0, 0.05) is 19.6 Å². The van der Waals surface area contributed by atoms with Crippen LogP contribution in [0.25, 0.3) is 0 Å². The maximum Gasteiger partial charge on any atom is 0.320 e. The van der Waals surface area contributed by atoms with Crippen LogP contribution in [0.4, 0.5) is 4.79 Å². The smallest absolute Gasteiger partial charge is 0.320 e. The number of carboxylic acids is 1. The summed E-state index contributed by atoms with van der Waals surface area (Å²) < 4.78 is 0. The molecule has 1 atom stereocenters. The summed E-state index contributed by atoms with van der Waals surface area (Å²) in [6, 6.07) is -0.145. The van der Waals surface area contributed by atoms with Crippen LogP contribution in [0.2, 0.25) is 0 Å². The molecule has 1 aliphatic heterocycles. The average Bonchev–Trinajstić information content (AvgIpc) is 2.84. The zero-order valence-electron chi connectivity index (χ0n) is 12.6. The highest BCUT2D eigenvalue weighted by molar-refractivity contribution is 5.80. The van der Waals surface area contributed by atoms with Gasteiger partial charge in [-0.05, 0) is 18.8 Å². The Morgan fingerprint density at radius 1 is 1.50 bits per heavy atom. The predicted molar refractivity (Wildman–Crippen MR) is 77.2 cm³/mol. The summed E-state index contributed by atoms with van der Waals surface area (Å²) in [5, 5.41) is 9.50. The maximum atomic E-state index is 12.4. The lowest BCUT2D eigenvalue weighted by Crippen LogP contribution is -2.45. The van der Waals surface area contributed by atoms with Crippen molar-refractivity contribution < 1.29 is 14.7 Å². The molecule has 1 unspecified atom stereocenters. The van der Waals surface area contributed by atoms with E-state index in [1.165, 1.54) is 0 Å². The summed E-state index contributed by atoms with van der Waals surface area (Å²) >= 11 is 0. The fourth-order valence-electron chi connectivity index (χ4n) is 2.71. The minimum atomic E-state index is -0.830. The summed E-state index contributed by atoms with van der Waals surface area (Å²) in [5.41, 5.74) is -0.830. The summed E-state index contributed by atoms with van der Waals surface area (Å²) in [6.45, 7) is 7.39. The molecule has 0 saturated carbocycles. The van der Waals surface area contributed by atoms with Crippen LogP contribution in [0.5, 0.6) is 0 Å². The number of likely N-dealkylation sites (tertiary alicyclic amines) is 1. The van der Waals surface area contributed by atoms with Crippen molar-refractivity contribution in [2.75, 3.05) is 26.2 Å². The van der Waals surface area contributed by atoms with Gasteiger partial charge < -0.3 is 14.9 Å². The van der Waals surface area contributed by atoms with Crippen molar-refractivity contribution in [2.24, 2.45) is 11.3 Å². The Morgan fingerprint density at radius 3 is 2.55 bits per heavy atom. The quantitative estimate of drug-likeness (QED) is 0.782. The molecular weight excluding hydrogens is 256 g/mol. The molecule has 0 radical (unpaired) electrons. The molecule has 0 bridgehead atoms. The number of amides is 2. The van der Waals surface area contributed by atoms with Gasteiger partial charge in [0.15, 0.2) is 0 Å². The van der Waals surface area contributed by atoms with E-state index in [4.69, 9.17) is 6.42 Å². The molecule has 1 heterocycles. The van der Waals surface area contributed by atoms with Crippen molar-refractivity contribution in [3.63, 3.8) is 0 Å². The molecule has 1 fully saturated rings. The Bertz CT molecular complexity index is 414. The van der Waals surface area contributed by atoms with Crippen LogP contribution in [0, 0.1) is 23.7 Å². The van der Waals surface area contributed by atoms with Crippen LogP contribution in [0.1, 0.15) is 33.6 Å². The van der Waals surface area contributed by atoms with Gasteiger partial charge in [-0.3, -0.25) is 4.79 Å². The number of nitrogens with zero attached hydrogens (tertiary/aromatic N) is 2. The van der Waals surface area contributed by atoms with Gasteiger partial charge >= 0.3 is 12.0 Å². The third-order valence-corrected chi connectivity index (χ3v) is 4.15. The molecule has 1 saturated heterocycles. The molecular formula is C15H24N2O3. The van der Waals surface area contributed by atoms with Crippen molar-refractivity contribution in [1.29, 1.82) is 0 Å². The molecule has 20 heavy (non-hydrogen) atoms. The van der Waals surface area contributed by atoms with Crippen LogP contribution < -0.4 is 0 Å². The zero-order chi connectivity index (χ0) is 15.3. The lowest BCUT2D eigenvalue weighted by molar-refractivity contribution is -0.150. The Kier molecular flexibility index (Phi) is 5.43. The number of rotatable bonds is 5. The van der Waals surface area contributed by atoms with Crippen LogP contribution in [0.3, 0.4) is 0 Å². The molecule has 0 aliphatic carbocycles. The van der Waals surface area contributed by atoms with Gasteiger partial charge in [0.25, 0.3) is 0 Å². The topological polar surface area (TPSA) is 60.9 Å². The zero-order valence-corrected chi connectivity index (χ0v) is 12.6. The summed E-state index contributed by atoms with van der Waals surface area (Å²) in [6.07, 6.45) is 6.62. The summed E-state index contributed by atoms with van der Waals surface area (Å²) in [4.78, 5) is 27.2. The largest absolute Gasteiger partial charge is 0.481 e. The van der Waals surface area contributed by atoms with Gasteiger partial charge in [0.05, 0.1) is 12.0 Å². The molecule has 112 valence electrons. The molecule has 0 aromatic carbocycles. The molecule has 5 heteroatoms. The second-order valence-corrected chi connectivity index (χ2v) is 5.70. The van der Waals surface area contributed by atoms with Crippen molar-refractivity contribution in [3.05, 3.63) is 0 Å². The van der Waals surface area contributed by atoms with Gasteiger partial charge in [-0.25, -0.2) is 4.79 Å². The predicted octanol–water partition coefficient (Wildman–Crippen LogP) is 1.88. The lowest BCUT2D eigenvalue weighted by Gasteiger charge is -2.30. The fraction of sp³-hybridized carbons (Fsp3) is 0.733. The monoisotopic (exact) mass is 280 g/mol. The van der Waals surface area contributed by atoms with E-state index in [2.05, 4.69) is 5.92 Å². The number of terminal acetylenes is 1. The van der Waals surface area contributed by atoms with Gasteiger partial charge in [0.1, 0.15) is 0 Å². The Morgan fingerprint density at radius 2 is 2.15 bits per heavy atom. The van der Waals surface area contributed by atoms with Gasteiger partial charge in [-0.15, -0.1) is 6.42 Å². The van der Waals surface area contributed by atoms with E-state index in [9.17, 15) is 14.7 Å². The highest BCUT2D eigenvalue weighted by Gasteiger charge is 2.48. The van der Waals surface area contributed by atoms with Gasteiger partial charge in [-0.2, -0.15) is 0 Å². The van der Waals surface area contributed by atoms with Crippen molar-refractivity contribution in [1.82, 2.24) is 9.80 Å². The van der Waals surface area contributed by atoms with Crippen molar-refractivity contribution >= 4 is 12.0 Å². The van der Waals surface area contributed by atoms with Crippen molar-refractivity contribution in [3.8, 4) is 12.3 Å². The number of carbonyl (C=O) groups is 2. The molecule has 1 N–H and O–H groups in total. The first-order valence-corrected chi connectivity index (χ1v) is 7.09. The minimum Gasteiger partial charge on any atom is -0.481 e. The van der Waals surface area contributed by atoms with E-state index in [-0.39, 0.29) is 25.0 Å². The minimum absolute atomic E-state index is 0.00920. The lowest BCUT2D eigenvalue weighted by atomic mass is 9.76. The SMILES string of the molecule is C#CCN(CCC)C(=O)N1CCC(C(=O)O)(C(C)C)C1. The molecule has 1 aliphatic rings. The van der Waals surface area contributed by atoms with E-state index in [0.717, 1.165) is 6.42 Å². The van der Waals surface area contributed by atoms with E-state index in [1.54, 1.807) is 9.80 Å². The Balaban J connectivity index is 2.82. The van der Waals surface area contributed by atoms with Crippen LogP contribution in [0.15, 0.2) is 0 Å². The van der Waals surface area contributed by atoms with Crippen LogP contribution >= 0.6 is 0 Å². The van der Waals surface area contributed by atoms with Crippen molar-refractivity contribution in [2.45, 2.75) is 33.6 Å². The van der Waals surface area contributed by atoms with E-state index < -0.39 is 11.4 Å². The first-order chi connectivity index (χ1) is 9.39. The molecule has 2 amide bonds. The number of carboxylic acid groups (broad SMARTS) is 1. The van der Waals surface area contributed by atoms with Gasteiger partial charge in [-0.1, -0.05) is 26.7 Å². The molecule has 0 aromatic rings. The first-order valence-electron chi connectivity index (χ1n) is 7.09. The average molecular weight is 280 g/mol. The molecule has 1 rings (SSSR count). The highest BCUT2D eigenvalue weighted by Crippen LogP contribution is 2.38. The number of urea groups is 1. The van der Waals surface area contributed by atoms with Crippen LogP contribution in [-0.4, -0.2) is 53.1 Å². The fourth-order valence-corrected chi connectivity index (χ4v) is 2.71. The van der Waals surface area contributed by atoms with Gasteiger partial charge in [0.2, 0.25) is 0 Å². The van der Waals surface area contributed by atoms with Crippen LogP contribution in [-0.2, 0) is 4.79 Å². The Hall–Kier alpha value is -1.70. The number of carbonyl (C=O) groups excluding carboxylic acids is 1. The number of hydrogen-bond acceptors (Lipinski definition) is 2. The molecule has 5 nitrogen and oxygen atoms in total. The summed E-state index contributed by atoms with van der Waals surface area (Å²) in [5.74, 6) is 1.66. The Labute approximate surface area is 120 Å². The maximum absolute atomic E-state index is 12.4. The normalized spacial score (nSPS) is 21.9. The second kappa shape index (κ2) is 6.65. The third-order valence-electron chi connectivity index (χ3n) is 4.15. The second-order valence-electron chi connectivity index (χ2n) is 5.70. The first kappa shape index (κ1) is 16.4. The highest BCUT2D eigenvalue weighted by atomic mass is 16.4.